The van der Waals surface area contributed by atoms with E-state index in [0.29, 0.717) is 5.69 Å². The van der Waals surface area contributed by atoms with E-state index in [9.17, 15) is 18.3 Å². The summed E-state index contributed by atoms with van der Waals surface area (Å²) in [7, 11) is -2.26. The Morgan fingerprint density at radius 2 is 1.77 bits per heavy atom. The quantitative estimate of drug-likeness (QED) is 0.861. The minimum Gasteiger partial charge on any atom is -0.395 e. The van der Waals surface area contributed by atoms with Gasteiger partial charge in [0.25, 0.3) is 0 Å². The van der Waals surface area contributed by atoms with Gasteiger partial charge in [0.05, 0.1) is 17.5 Å². The molecule has 1 aromatic rings. The Bertz CT molecular complexity index is 618. The highest BCUT2D eigenvalue weighted by Gasteiger charge is 2.35. The van der Waals surface area contributed by atoms with E-state index in [1.165, 1.54) is 42.5 Å². The molecule has 0 heterocycles. The number of carbonyl (C=O) groups is 1. The van der Waals surface area contributed by atoms with Crippen molar-refractivity contribution in [1.29, 1.82) is 0 Å². The van der Waals surface area contributed by atoms with Gasteiger partial charge in [0.1, 0.15) is 0 Å². The normalized spacial score (nSPS) is 14.0. The Kier molecular flexibility index (Phi) is 5.72. The lowest BCUT2D eigenvalue weighted by molar-refractivity contribution is -0.114. The first-order valence-corrected chi connectivity index (χ1v) is 8.40. The van der Waals surface area contributed by atoms with Crippen LogP contribution in [0, 0.1) is 5.41 Å². The number of carbonyl (C=O) groups excluding carboxylic acids is 1. The average Bonchev–Trinajstić information content (AvgIpc) is 2.37. The minimum atomic E-state index is -3.72. The predicted octanol–water partition coefficient (Wildman–Crippen LogP) is 1.67. The van der Waals surface area contributed by atoms with Crippen molar-refractivity contribution in [2.45, 2.75) is 38.6 Å². The number of anilines is 1. The fourth-order valence-corrected chi connectivity index (χ4v) is 3.71. The molecule has 0 aliphatic carbocycles. The SMILES string of the molecule is CC(=O)Nc1ccc(S(=O)(=O)N(C)C(CO)C(C)(C)C)cc1. The van der Waals surface area contributed by atoms with Crippen molar-refractivity contribution in [3.8, 4) is 0 Å². The summed E-state index contributed by atoms with van der Waals surface area (Å²) in [5, 5.41) is 12.1. The summed E-state index contributed by atoms with van der Waals surface area (Å²) in [4.78, 5) is 11.1. The number of benzene rings is 1. The average molecular weight is 328 g/mol. The lowest BCUT2D eigenvalue weighted by Crippen LogP contribution is -2.47. The van der Waals surface area contributed by atoms with Gasteiger partial charge in [0.15, 0.2) is 0 Å². The fourth-order valence-electron chi connectivity index (χ4n) is 2.18. The maximum absolute atomic E-state index is 12.6. The first-order chi connectivity index (χ1) is 10.00. The van der Waals surface area contributed by atoms with E-state index in [1.54, 1.807) is 0 Å². The summed E-state index contributed by atoms with van der Waals surface area (Å²) in [6, 6.07) is 5.41. The minimum absolute atomic E-state index is 0.117. The van der Waals surface area contributed by atoms with Crippen LogP contribution in [0.1, 0.15) is 27.7 Å². The summed E-state index contributed by atoms with van der Waals surface area (Å²) in [5.41, 5.74) is 0.135. The number of rotatable bonds is 5. The second kappa shape index (κ2) is 6.76. The molecule has 7 heteroatoms. The summed E-state index contributed by atoms with van der Waals surface area (Å²) in [6.07, 6.45) is 0. The van der Waals surface area contributed by atoms with Crippen LogP contribution < -0.4 is 5.32 Å². The van der Waals surface area contributed by atoms with Gasteiger partial charge in [-0.1, -0.05) is 20.8 Å². The number of nitrogens with one attached hydrogen (secondary N) is 1. The molecule has 1 unspecified atom stereocenters. The number of likely N-dealkylation sites (N-methyl/N-ethyl adjacent to an activating group) is 1. The second-order valence-corrected chi connectivity index (χ2v) is 8.29. The molecule has 0 aliphatic rings. The number of sulfonamides is 1. The van der Waals surface area contributed by atoms with Crippen molar-refractivity contribution in [3.63, 3.8) is 0 Å². The van der Waals surface area contributed by atoms with E-state index >= 15 is 0 Å². The monoisotopic (exact) mass is 328 g/mol. The Hall–Kier alpha value is -1.44. The van der Waals surface area contributed by atoms with Gasteiger partial charge in [-0.15, -0.1) is 0 Å². The topological polar surface area (TPSA) is 86.7 Å². The number of nitrogens with zero attached hydrogens (tertiary/aromatic N) is 1. The van der Waals surface area contributed by atoms with Gasteiger partial charge in [0.2, 0.25) is 15.9 Å². The van der Waals surface area contributed by atoms with Gasteiger partial charge in [-0.2, -0.15) is 4.31 Å². The highest BCUT2D eigenvalue weighted by atomic mass is 32.2. The van der Waals surface area contributed by atoms with Gasteiger partial charge < -0.3 is 10.4 Å². The molecule has 0 spiro atoms. The van der Waals surface area contributed by atoms with Crippen molar-refractivity contribution in [3.05, 3.63) is 24.3 Å². The van der Waals surface area contributed by atoms with Crippen molar-refractivity contribution in [1.82, 2.24) is 4.31 Å². The molecule has 2 N–H and O–H groups in total. The van der Waals surface area contributed by atoms with Gasteiger partial charge in [0, 0.05) is 19.7 Å². The van der Waals surface area contributed by atoms with Gasteiger partial charge in [-0.25, -0.2) is 8.42 Å². The molecule has 1 atom stereocenters. The van der Waals surface area contributed by atoms with Crippen LogP contribution in [0.15, 0.2) is 29.2 Å². The number of hydrogen-bond acceptors (Lipinski definition) is 4. The molecule has 1 rings (SSSR count). The van der Waals surface area contributed by atoms with E-state index in [2.05, 4.69) is 5.32 Å². The molecule has 0 saturated heterocycles. The number of amides is 1. The summed E-state index contributed by atoms with van der Waals surface area (Å²) in [6.45, 7) is 6.75. The van der Waals surface area contributed by atoms with Crippen LogP contribution in [0.3, 0.4) is 0 Å². The zero-order chi connectivity index (χ0) is 17.1. The van der Waals surface area contributed by atoms with Crippen LogP contribution in [0.5, 0.6) is 0 Å². The van der Waals surface area contributed by atoms with E-state index in [1.807, 2.05) is 20.8 Å². The highest BCUT2D eigenvalue weighted by Crippen LogP contribution is 2.28. The molecule has 0 aromatic heterocycles. The van der Waals surface area contributed by atoms with Crippen molar-refractivity contribution in [2.75, 3.05) is 19.0 Å². The molecule has 6 nitrogen and oxygen atoms in total. The number of aliphatic hydroxyl groups is 1. The Morgan fingerprint density at radius 3 is 2.14 bits per heavy atom. The molecule has 124 valence electrons. The Labute approximate surface area is 132 Å². The highest BCUT2D eigenvalue weighted by molar-refractivity contribution is 7.89. The largest absolute Gasteiger partial charge is 0.395 e. The molecule has 0 saturated carbocycles. The van der Waals surface area contributed by atoms with Crippen LogP contribution in [-0.4, -0.2) is 43.4 Å². The Balaban J connectivity index is 3.10. The van der Waals surface area contributed by atoms with Crippen LogP contribution in [0.25, 0.3) is 0 Å². The molecule has 0 radical (unpaired) electrons. The number of aliphatic hydroxyl groups excluding tert-OH is 1. The van der Waals surface area contributed by atoms with E-state index in [-0.39, 0.29) is 17.4 Å². The van der Waals surface area contributed by atoms with Crippen LogP contribution >= 0.6 is 0 Å². The molecular formula is C15H24N2O4S. The van der Waals surface area contributed by atoms with E-state index in [4.69, 9.17) is 0 Å². The number of hydrogen-bond donors (Lipinski definition) is 2. The fraction of sp³-hybridized carbons (Fsp3) is 0.533. The maximum atomic E-state index is 12.6. The second-order valence-electron chi connectivity index (χ2n) is 6.29. The Morgan fingerprint density at radius 1 is 1.27 bits per heavy atom. The van der Waals surface area contributed by atoms with Crippen molar-refractivity contribution >= 4 is 21.6 Å². The smallest absolute Gasteiger partial charge is 0.243 e. The standard InChI is InChI=1S/C15H24N2O4S/c1-11(19)16-12-6-8-13(9-7-12)22(20,21)17(5)14(10-18)15(2,3)4/h6-9,14,18H,10H2,1-5H3,(H,16,19). The first-order valence-electron chi connectivity index (χ1n) is 6.96. The summed E-state index contributed by atoms with van der Waals surface area (Å²) >= 11 is 0. The molecule has 0 bridgehead atoms. The van der Waals surface area contributed by atoms with Crippen LogP contribution in [0.4, 0.5) is 5.69 Å². The zero-order valence-electron chi connectivity index (χ0n) is 13.6. The lowest BCUT2D eigenvalue weighted by Gasteiger charge is -2.35. The van der Waals surface area contributed by atoms with Crippen LogP contribution in [-0.2, 0) is 14.8 Å². The molecule has 1 aromatic carbocycles. The summed E-state index contributed by atoms with van der Waals surface area (Å²) in [5.74, 6) is -0.221. The third-order valence-electron chi connectivity index (χ3n) is 3.46. The molecule has 22 heavy (non-hydrogen) atoms. The van der Waals surface area contributed by atoms with E-state index < -0.39 is 21.5 Å². The van der Waals surface area contributed by atoms with E-state index in [0.717, 1.165) is 0 Å². The van der Waals surface area contributed by atoms with Gasteiger partial charge in [-0.3, -0.25) is 4.79 Å². The van der Waals surface area contributed by atoms with Crippen molar-refractivity contribution < 1.29 is 18.3 Å². The third kappa shape index (κ3) is 4.28. The zero-order valence-corrected chi connectivity index (χ0v) is 14.4. The first kappa shape index (κ1) is 18.6. The molecular weight excluding hydrogens is 304 g/mol. The molecule has 0 aliphatic heterocycles. The van der Waals surface area contributed by atoms with Gasteiger partial charge >= 0.3 is 0 Å². The third-order valence-corrected chi connectivity index (χ3v) is 5.34. The predicted molar refractivity (Wildman–Crippen MR) is 86.0 cm³/mol. The van der Waals surface area contributed by atoms with Gasteiger partial charge in [-0.05, 0) is 29.7 Å². The van der Waals surface area contributed by atoms with Crippen molar-refractivity contribution in [2.24, 2.45) is 5.41 Å². The van der Waals surface area contributed by atoms with Crippen LogP contribution in [0.2, 0.25) is 0 Å². The maximum Gasteiger partial charge on any atom is 0.243 e. The lowest BCUT2D eigenvalue weighted by atomic mass is 9.87. The molecule has 1 amide bonds. The summed E-state index contributed by atoms with van der Waals surface area (Å²) < 4.78 is 26.5. The molecule has 0 fully saturated rings.